The van der Waals surface area contributed by atoms with Gasteiger partial charge in [-0.3, -0.25) is 9.89 Å². The van der Waals surface area contributed by atoms with Gasteiger partial charge in [-0.25, -0.2) is 4.98 Å². The summed E-state index contributed by atoms with van der Waals surface area (Å²) in [6.07, 6.45) is 0. The third kappa shape index (κ3) is 3.76. The smallest absolute Gasteiger partial charge is 0.291 e. The van der Waals surface area contributed by atoms with Crippen molar-refractivity contribution in [2.45, 2.75) is 34.6 Å². The van der Waals surface area contributed by atoms with Gasteiger partial charge in [0.05, 0.1) is 17.1 Å². The van der Waals surface area contributed by atoms with Crippen LogP contribution in [0.3, 0.4) is 0 Å². The summed E-state index contributed by atoms with van der Waals surface area (Å²) in [7, 11) is 0. The number of azo groups is 1. The molecule has 0 atom stereocenters. The van der Waals surface area contributed by atoms with E-state index in [2.05, 4.69) is 39.4 Å². The Morgan fingerprint density at radius 3 is 2.20 bits per heavy atom. The van der Waals surface area contributed by atoms with Crippen LogP contribution in [0.25, 0.3) is 16.4 Å². The third-order valence-corrected chi connectivity index (χ3v) is 5.78. The Morgan fingerprint density at radius 2 is 1.53 bits per heavy atom. The molecule has 0 fully saturated rings. The van der Waals surface area contributed by atoms with Gasteiger partial charge < -0.3 is 0 Å². The Kier molecular flexibility index (Phi) is 5.22. The Balaban J connectivity index is 1.68. The van der Waals surface area contributed by atoms with E-state index in [0.717, 1.165) is 28.1 Å². The van der Waals surface area contributed by atoms with Crippen molar-refractivity contribution in [3.63, 3.8) is 0 Å². The number of nitrogens with zero attached hydrogens (tertiary/aromatic N) is 4. The van der Waals surface area contributed by atoms with E-state index >= 15 is 0 Å². The molecule has 0 saturated heterocycles. The second kappa shape index (κ2) is 7.84. The molecule has 0 aliphatic rings. The van der Waals surface area contributed by atoms with Gasteiger partial charge in [-0.1, -0.05) is 47.5 Å². The molecule has 0 aliphatic heterocycles. The second-order valence-corrected chi connectivity index (χ2v) is 8.39. The number of aromatic nitrogens is 3. The minimum absolute atomic E-state index is 0.261. The van der Waals surface area contributed by atoms with Gasteiger partial charge >= 0.3 is 5.56 Å². The average Bonchev–Trinajstić information content (AvgIpc) is 3.27. The normalized spacial score (nSPS) is 11.5. The van der Waals surface area contributed by atoms with Crippen molar-refractivity contribution in [3.05, 3.63) is 80.1 Å². The summed E-state index contributed by atoms with van der Waals surface area (Å²) in [5.74, 6) is 0. The van der Waals surface area contributed by atoms with Crippen molar-refractivity contribution >= 4 is 22.7 Å². The van der Waals surface area contributed by atoms with Gasteiger partial charge in [0.15, 0.2) is 5.69 Å². The highest BCUT2D eigenvalue weighted by molar-refractivity contribution is 7.12. The number of thiazole rings is 1. The van der Waals surface area contributed by atoms with Crippen LogP contribution < -0.4 is 5.56 Å². The zero-order chi connectivity index (χ0) is 21.4. The summed E-state index contributed by atoms with van der Waals surface area (Å²) in [4.78, 5) is 17.6. The quantitative estimate of drug-likeness (QED) is 0.399. The van der Waals surface area contributed by atoms with Gasteiger partial charge in [0.2, 0.25) is 5.13 Å². The fraction of sp³-hybridized carbons (Fsp3) is 0.217. The predicted octanol–water partition coefficient (Wildman–Crippen LogP) is 6.25. The number of hydrogen-bond donors (Lipinski definition) is 1. The van der Waals surface area contributed by atoms with Crippen molar-refractivity contribution in [1.82, 2.24) is 14.8 Å². The van der Waals surface area contributed by atoms with Crippen LogP contribution in [-0.2, 0) is 0 Å². The first-order valence-corrected chi connectivity index (χ1v) is 10.6. The maximum Gasteiger partial charge on any atom is 0.301 e. The summed E-state index contributed by atoms with van der Waals surface area (Å²) in [6, 6.07) is 12.3. The van der Waals surface area contributed by atoms with Crippen LogP contribution in [0.1, 0.15) is 27.9 Å². The van der Waals surface area contributed by atoms with E-state index in [-0.39, 0.29) is 5.56 Å². The molecule has 0 unspecified atom stereocenters. The first-order valence-electron chi connectivity index (χ1n) is 9.67. The van der Waals surface area contributed by atoms with E-state index in [1.54, 1.807) is 0 Å². The molecule has 0 spiro atoms. The van der Waals surface area contributed by atoms with E-state index in [0.29, 0.717) is 16.5 Å². The average molecular weight is 418 g/mol. The monoisotopic (exact) mass is 417 g/mol. The molecule has 2 aromatic carbocycles. The molecule has 152 valence electrons. The fourth-order valence-corrected chi connectivity index (χ4v) is 4.24. The Morgan fingerprint density at radius 1 is 0.900 bits per heavy atom. The third-order valence-electron chi connectivity index (χ3n) is 4.96. The number of hydrogen-bond acceptors (Lipinski definition) is 5. The molecule has 6 nitrogen and oxygen atoms in total. The molecule has 0 radical (unpaired) electrons. The first-order chi connectivity index (χ1) is 14.3. The maximum atomic E-state index is 13.0. The number of nitrogens with one attached hydrogen (secondary N) is 1. The van der Waals surface area contributed by atoms with E-state index < -0.39 is 0 Å². The predicted molar refractivity (Wildman–Crippen MR) is 122 cm³/mol. The number of H-pyrrole nitrogens is 1. The highest BCUT2D eigenvalue weighted by atomic mass is 32.1. The molecule has 1 N–H and O–H groups in total. The van der Waals surface area contributed by atoms with Crippen molar-refractivity contribution in [2.75, 3.05) is 0 Å². The summed E-state index contributed by atoms with van der Waals surface area (Å²) in [5, 5.41) is 14.3. The minimum atomic E-state index is -0.261. The summed E-state index contributed by atoms with van der Waals surface area (Å²) < 4.78 is 1.43. The van der Waals surface area contributed by atoms with E-state index in [9.17, 15) is 4.79 Å². The largest absolute Gasteiger partial charge is 0.301 e. The zero-order valence-corrected chi connectivity index (χ0v) is 18.5. The molecule has 0 bridgehead atoms. The molecule has 4 aromatic rings. The Labute approximate surface area is 179 Å². The number of aryl methyl sites for hydroxylation is 5. The molecule has 0 aliphatic carbocycles. The number of benzene rings is 2. The van der Waals surface area contributed by atoms with Crippen LogP contribution in [0.4, 0.5) is 11.4 Å². The SMILES string of the molecule is Cc1ccc(-c2csc(-n3[nH]c(C)c(N=Nc4c(C)cc(C)cc4C)c3=O)n2)cc1. The maximum absolute atomic E-state index is 13.0. The van der Waals surface area contributed by atoms with Crippen LogP contribution in [0.2, 0.25) is 0 Å². The summed E-state index contributed by atoms with van der Waals surface area (Å²) >= 11 is 1.41. The molecule has 0 saturated carbocycles. The highest BCUT2D eigenvalue weighted by Crippen LogP contribution is 2.28. The lowest BCUT2D eigenvalue weighted by Gasteiger charge is -2.04. The lowest BCUT2D eigenvalue weighted by atomic mass is 10.1. The fourth-order valence-electron chi connectivity index (χ4n) is 3.44. The molecular weight excluding hydrogens is 394 g/mol. The number of rotatable bonds is 4. The highest BCUT2D eigenvalue weighted by Gasteiger charge is 2.15. The van der Waals surface area contributed by atoms with Crippen LogP contribution in [0.15, 0.2) is 56.8 Å². The molecule has 2 aromatic heterocycles. The second-order valence-electron chi connectivity index (χ2n) is 7.55. The molecule has 30 heavy (non-hydrogen) atoms. The van der Waals surface area contributed by atoms with Crippen molar-refractivity contribution in [1.29, 1.82) is 0 Å². The molecule has 7 heteroatoms. The summed E-state index contributed by atoms with van der Waals surface area (Å²) in [5.41, 5.74) is 7.77. The summed E-state index contributed by atoms with van der Waals surface area (Å²) in [6.45, 7) is 9.91. The van der Waals surface area contributed by atoms with Gasteiger partial charge in [0.1, 0.15) is 0 Å². The molecule has 4 rings (SSSR count). The van der Waals surface area contributed by atoms with Crippen LogP contribution in [0.5, 0.6) is 0 Å². The van der Waals surface area contributed by atoms with Gasteiger partial charge in [-0.15, -0.1) is 21.6 Å². The van der Waals surface area contributed by atoms with Crippen molar-refractivity contribution in [3.8, 4) is 16.4 Å². The molecular formula is C23H23N5OS. The van der Waals surface area contributed by atoms with Crippen LogP contribution in [0, 0.1) is 34.6 Å². The van der Waals surface area contributed by atoms with Crippen molar-refractivity contribution < 1.29 is 0 Å². The zero-order valence-electron chi connectivity index (χ0n) is 17.6. The van der Waals surface area contributed by atoms with E-state index in [4.69, 9.17) is 0 Å². The molecule has 2 heterocycles. The molecule has 0 amide bonds. The Bertz CT molecular complexity index is 1290. The minimum Gasteiger partial charge on any atom is -0.291 e. The lowest BCUT2D eigenvalue weighted by molar-refractivity contribution is 0.827. The van der Waals surface area contributed by atoms with Gasteiger partial charge in [0, 0.05) is 10.9 Å². The van der Waals surface area contributed by atoms with Gasteiger partial charge in [-0.2, -0.15) is 4.68 Å². The van der Waals surface area contributed by atoms with Crippen LogP contribution in [-0.4, -0.2) is 14.8 Å². The van der Waals surface area contributed by atoms with Gasteiger partial charge in [-0.05, 0) is 45.7 Å². The first kappa shape index (κ1) is 20.0. The van der Waals surface area contributed by atoms with E-state index in [1.165, 1.54) is 27.1 Å². The van der Waals surface area contributed by atoms with Gasteiger partial charge in [0.25, 0.3) is 0 Å². The standard InChI is InChI=1S/C23H23N5OS/c1-13-6-8-18(9-7-13)19-12-30-23(24-19)28-22(29)21(17(5)27-28)26-25-20-15(3)10-14(2)11-16(20)4/h6-12,27H,1-5H3. The van der Waals surface area contributed by atoms with E-state index in [1.807, 2.05) is 57.3 Å². The topological polar surface area (TPSA) is 75.4 Å². The lowest BCUT2D eigenvalue weighted by Crippen LogP contribution is -2.13. The Hall–Kier alpha value is -3.32. The number of aromatic amines is 1. The van der Waals surface area contributed by atoms with Crippen molar-refractivity contribution in [2.24, 2.45) is 10.2 Å². The van der Waals surface area contributed by atoms with Crippen LogP contribution >= 0.6 is 11.3 Å².